The number of hydrogen-bond acceptors (Lipinski definition) is 2. The Kier molecular flexibility index (Phi) is 2.86. The van der Waals surface area contributed by atoms with E-state index in [1.807, 2.05) is 0 Å². The molecule has 0 radical (unpaired) electrons. The van der Waals surface area contributed by atoms with Crippen molar-refractivity contribution < 1.29 is 0 Å². The molecule has 0 aliphatic rings. The van der Waals surface area contributed by atoms with Crippen LogP contribution in [0.2, 0.25) is 10.6 Å². The van der Waals surface area contributed by atoms with Crippen LogP contribution in [0, 0.1) is 0 Å². The van der Waals surface area contributed by atoms with Gasteiger partial charge in [0.2, 0.25) is 0 Å². The molecule has 0 aliphatic carbocycles. The van der Waals surface area contributed by atoms with E-state index in [1.165, 1.54) is 0 Å². The first kappa shape index (κ1) is 7.45. The van der Waals surface area contributed by atoms with Crippen molar-refractivity contribution >= 4 is 13.5 Å². The average Bonchev–Trinajstić information content (AvgIpc) is 1.68. The highest BCUT2D eigenvalue weighted by Crippen LogP contribution is 1.96. The van der Waals surface area contributed by atoms with Gasteiger partial charge in [0.15, 0.2) is 0 Å². The standard InChI is InChI=1S/2C2H5.Al.2H2N/c2*1-2;;;/h2*1H2,2H3;;2*1H2/q;;+1;2*-1. The number of hydrogen-bond donors (Lipinski definition) is 2. The van der Waals surface area contributed by atoms with E-state index in [4.69, 9.17) is 9.43 Å². The Morgan fingerprint density at radius 3 is 1.43 bits per heavy atom. The van der Waals surface area contributed by atoms with Crippen LogP contribution in [0.15, 0.2) is 0 Å². The third-order valence-corrected chi connectivity index (χ3v) is 4.56. The number of nitrogens with two attached hydrogens (primary N) is 2. The lowest BCUT2D eigenvalue weighted by Crippen LogP contribution is -2.54. The van der Waals surface area contributed by atoms with E-state index in [0.29, 0.717) is 0 Å². The van der Waals surface area contributed by atoms with Crippen LogP contribution < -0.4 is 9.43 Å². The van der Waals surface area contributed by atoms with Gasteiger partial charge in [-0.3, -0.25) is 0 Å². The quantitative estimate of drug-likeness (QED) is 0.514. The summed E-state index contributed by atoms with van der Waals surface area (Å²) in [5.41, 5.74) is 0. The highest BCUT2D eigenvalue weighted by Gasteiger charge is 2.14. The first-order chi connectivity index (χ1) is 3.12. The van der Waals surface area contributed by atoms with Crippen LogP contribution in [0.1, 0.15) is 13.8 Å². The maximum absolute atomic E-state index is 5.66. The van der Waals surface area contributed by atoms with Gasteiger partial charge in [-0.15, -0.1) is 0 Å². The lowest BCUT2D eigenvalue weighted by molar-refractivity contribution is 1.19. The highest BCUT2D eigenvalue weighted by atomic mass is 27.3. The summed E-state index contributed by atoms with van der Waals surface area (Å²) in [7, 11) is 0. The van der Waals surface area contributed by atoms with Crippen LogP contribution in [-0.4, -0.2) is 13.5 Å². The molecule has 44 valence electrons. The fourth-order valence-electron chi connectivity index (χ4n) is 0.289. The lowest BCUT2D eigenvalue weighted by atomic mass is 10.9. The zero-order valence-corrected chi connectivity index (χ0v) is 6.30. The normalized spacial score (nSPS) is 12.0. The molecule has 7 heavy (non-hydrogen) atoms. The smallest absolute Gasteiger partial charge is 0.313 e. The Morgan fingerprint density at radius 2 is 1.43 bits per heavy atom. The second-order valence-corrected chi connectivity index (χ2v) is 6.72. The maximum atomic E-state index is 5.66. The van der Waals surface area contributed by atoms with Crippen molar-refractivity contribution in [2.45, 2.75) is 24.4 Å². The van der Waals surface area contributed by atoms with Gasteiger partial charge in [0.05, 0.1) is 0 Å². The molecule has 0 fully saturated rings. The van der Waals surface area contributed by atoms with Crippen molar-refractivity contribution in [3.63, 3.8) is 0 Å². The second kappa shape index (κ2) is 2.69. The molecule has 0 aromatic carbocycles. The summed E-state index contributed by atoms with van der Waals surface area (Å²) in [6.45, 7) is 4.13. The van der Waals surface area contributed by atoms with Gasteiger partial charge in [0, 0.05) is 0 Å². The molecule has 2 nitrogen and oxygen atoms in total. The minimum atomic E-state index is -1.90. The third kappa shape index (κ3) is 3.07. The topological polar surface area (TPSA) is 52.0 Å². The lowest BCUT2D eigenvalue weighted by Gasteiger charge is -2.19. The third-order valence-electron chi connectivity index (χ3n) is 1.52. The zero-order chi connectivity index (χ0) is 5.91. The highest BCUT2D eigenvalue weighted by molar-refractivity contribution is 6.73. The van der Waals surface area contributed by atoms with E-state index < -0.39 is 13.5 Å². The molecule has 0 unspecified atom stereocenters. The van der Waals surface area contributed by atoms with E-state index in [1.54, 1.807) is 0 Å². The summed E-state index contributed by atoms with van der Waals surface area (Å²) >= 11 is -1.90. The fraction of sp³-hybridized carbons (Fsp3) is 1.00. The molecular formula is C4H14AlN2-. The van der Waals surface area contributed by atoms with E-state index in [9.17, 15) is 0 Å². The van der Waals surface area contributed by atoms with Crippen molar-refractivity contribution in [2.24, 2.45) is 9.43 Å². The minimum absolute atomic E-state index is 1.02. The second-order valence-electron chi connectivity index (χ2n) is 2.24. The van der Waals surface area contributed by atoms with Gasteiger partial charge in [-0.2, -0.15) is 10.6 Å². The molecule has 0 saturated heterocycles. The summed E-state index contributed by atoms with van der Waals surface area (Å²) in [5, 5.41) is 2.03. The monoisotopic (exact) mass is 117 g/mol. The van der Waals surface area contributed by atoms with Gasteiger partial charge in [-0.1, -0.05) is 13.8 Å². The molecule has 0 saturated carbocycles. The molecule has 0 aromatic heterocycles. The molecule has 0 bridgehead atoms. The Morgan fingerprint density at radius 1 is 1.14 bits per heavy atom. The van der Waals surface area contributed by atoms with Crippen molar-refractivity contribution in [1.82, 2.24) is 0 Å². The first-order valence-electron chi connectivity index (χ1n) is 2.90. The van der Waals surface area contributed by atoms with Crippen LogP contribution in [0.5, 0.6) is 0 Å². The molecule has 0 aliphatic heterocycles. The van der Waals surface area contributed by atoms with E-state index in [-0.39, 0.29) is 0 Å². The molecule has 0 aromatic rings. The van der Waals surface area contributed by atoms with Gasteiger partial charge in [-0.25, -0.2) is 0 Å². The van der Waals surface area contributed by atoms with Crippen LogP contribution in [-0.2, 0) is 0 Å². The summed E-state index contributed by atoms with van der Waals surface area (Å²) in [6.07, 6.45) is 0. The van der Waals surface area contributed by atoms with Gasteiger partial charge in [0.25, 0.3) is 0 Å². The minimum Gasteiger partial charge on any atom is -0.529 e. The van der Waals surface area contributed by atoms with Crippen molar-refractivity contribution in [3.8, 4) is 0 Å². The molecule has 0 heterocycles. The van der Waals surface area contributed by atoms with Crippen LogP contribution in [0.25, 0.3) is 0 Å². The van der Waals surface area contributed by atoms with Crippen molar-refractivity contribution in [2.75, 3.05) is 0 Å². The van der Waals surface area contributed by atoms with Crippen molar-refractivity contribution in [3.05, 3.63) is 0 Å². The van der Waals surface area contributed by atoms with E-state index >= 15 is 0 Å². The molecule has 0 rings (SSSR count). The zero-order valence-electron chi connectivity index (χ0n) is 5.15. The Bertz CT molecular complexity index is 47.7. The van der Waals surface area contributed by atoms with Crippen LogP contribution in [0.4, 0.5) is 0 Å². The van der Waals surface area contributed by atoms with Crippen LogP contribution >= 0.6 is 0 Å². The van der Waals surface area contributed by atoms with Gasteiger partial charge < -0.3 is 9.43 Å². The molecule has 0 atom stereocenters. The van der Waals surface area contributed by atoms with E-state index in [2.05, 4.69) is 13.8 Å². The molecular weight excluding hydrogens is 103 g/mol. The maximum Gasteiger partial charge on any atom is 0.313 e. The summed E-state index contributed by atoms with van der Waals surface area (Å²) < 4.78 is 11.3. The molecule has 4 N–H and O–H groups in total. The van der Waals surface area contributed by atoms with Gasteiger partial charge in [0.1, 0.15) is 0 Å². The van der Waals surface area contributed by atoms with Crippen LogP contribution in [0.3, 0.4) is 0 Å². The first-order valence-corrected chi connectivity index (χ1v) is 5.86. The van der Waals surface area contributed by atoms with Gasteiger partial charge in [-0.05, 0) is 0 Å². The molecule has 0 amide bonds. The summed E-state index contributed by atoms with van der Waals surface area (Å²) in [5.74, 6) is 0. The molecule has 0 spiro atoms. The number of rotatable bonds is 2. The summed E-state index contributed by atoms with van der Waals surface area (Å²) in [4.78, 5) is 0. The molecule has 3 heteroatoms. The largest absolute Gasteiger partial charge is 0.529 e. The average molecular weight is 117 g/mol. The fourth-order valence-corrected chi connectivity index (χ4v) is 0.866. The Hall–Kier alpha value is 0.452. The van der Waals surface area contributed by atoms with Crippen molar-refractivity contribution in [1.29, 1.82) is 0 Å². The summed E-state index contributed by atoms with van der Waals surface area (Å²) in [6, 6.07) is 0. The Labute approximate surface area is 48.0 Å². The van der Waals surface area contributed by atoms with E-state index in [0.717, 1.165) is 10.6 Å². The predicted octanol–water partition coefficient (Wildman–Crippen LogP) is 0.386. The SMILES string of the molecule is C[CH2][Al-]([NH2])([NH2])[CH2]C. The van der Waals surface area contributed by atoms with Gasteiger partial charge >= 0.3 is 13.5 Å². The Balaban J connectivity index is 3.36. The predicted molar refractivity (Wildman–Crippen MR) is 35.1 cm³/mol.